The predicted octanol–water partition coefficient (Wildman–Crippen LogP) is 5.50. The minimum absolute atomic E-state index is 0.102. The molecule has 0 aliphatic carbocycles. The average Bonchev–Trinajstić information content (AvgIpc) is 2.65. The molecule has 0 aliphatic heterocycles. The predicted molar refractivity (Wildman–Crippen MR) is 119 cm³/mol. The van der Waals surface area contributed by atoms with Crippen molar-refractivity contribution in [2.75, 3.05) is 7.05 Å². The normalized spacial score (nSPS) is 13.4. The van der Waals surface area contributed by atoms with Crippen LogP contribution in [0.1, 0.15) is 36.1 Å². The van der Waals surface area contributed by atoms with Crippen LogP contribution in [0.3, 0.4) is 0 Å². The number of Topliss-reactive ketones (excluding diaryl/α,β-unsaturated/α-hetero) is 1. The van der Waals surface area contributed by atoms with Crippen LogP contribution in [0.5, 0.6) is 0 Å². The highest BCUT2D eigenvalue weighted by atomic mass is 32.2. The number of amidine groups is 1. The van der Waals surface area contributed by atoms with E-state index in [4.69, 9.17) is 4.99 Å². The van der Waals surface area contributed by atoms with Gasteiger partial charge in [0, 0.05) is 18.2 Å². The number of allylic oxidation sites excluding steroid dienone is 1. The lowest BCUT2D eigenvalue weighted by atomic mass is 9.96. The Morgan fingerprint density at radius 3 is 1.89 bits per heavy atom. The van der Waals surface area contributed by atoms with E-state index in [1.165, 1.54) is 22.9 Å². The summed E-state index contributed by atoms with van der Waals surface area (Å²) in [6, 6.07) is 16.4. The van der Waals surface area contributed by atoms with E-state index < -0.39 is 0 Å². The van der Waals surface area contributed by atoms with E-state index in [9.17, 15) is 4.79 Å². The maximum Gasteiger partial charge on any atom is 0.183 e. The average molecular weight is 379 g/mol. The Morgan fingerprint density at radius 2 is 1.44 bits per heavy atom. The van der Waals surface area contributed by atoms with Crippen molar-refractivity contribution in [1.82, 2.24) is 0 Å². The molecule has 3 nitrogen and oxygen atoms in total. The standard InChI is InChI=1S/C23H26N2OS/c1-15-7-11-20(12-8-15)17(3)22(21-13-9-16(2)10-14-21)25-23(24-6)27-19(5)18(4)26/h7-14,19H,3H2,1-2,4-6H3/b24-23?,25-22+. The highest BCUT2D eigenvalue weighted by Gasteiger charge is 2.16. The fourth-order valence-corrected chi connectivity index (χ4v) is 3.11. The van der Waals surface area contributed by atoms with Crippen molar-refractivity contribution in [1.29, 1.82) is 0 Å². The molecule has 0 saturated carbocycles. The van der Waals surface area contributed by atoms with Crippen LogP contribution in [0.15, 0.2) is 65.1 Å². The first-order chi connectivity index (χ1) is 12.8. The third-order valence-corrected chi connectivity index (χ3v) is 5.43. The van der Waals surface area contributed by atoms with Crippen LogP contribution in [0.25, 0.3) is 5.57 Å². The molecule has 2 aromatic carbocycles. The van der Waals surface area contributed by atoms with Crippen LogP contribution in [0, 0.1) is 13.8 Å². The molecule has 1 unspecified atom stereocenters. The summed E-state index contributed by atoms with van der Waals surface area (Å²) in [7, 11) is 1.69. The highest BCUT2D eigenvalue weighted by Crippen LogP contribution is 2.23. The third-order valence-electron chi connectivity index (χ3n) is 4.26. The van der Waals surface area contributed by atoms with Gasteiger partial charge in [-0.25, -0.2) is 4.99 Å². The number of ketones is 1. The summed E-state index contributed by atoms with van der Waals surface area (Å²) in [5, 5.41) is 0.376. The molecule has 0 radical (unpaired) electrons. The number of carbonyl (C=O) groups excluding carboxylic acids is 1. The maximum absolute atomic E-state index is 11.6. The van der Waals surface area contributed by atoms with E-state index in [-0.39, 0.29) is 11.0 Å². The molecular weight excluding hydrogens is 352 g/mol. The molecule has 0 aromatic heterocycles. The lowest BCUT2D eigenvalue weighted by Gasteiger charge is -2.13. The lowest BCUT2D eigenvalue weighted by molar-refractivity contribution is -0.116. The molecule has 2 aromatic rings. The van der Waals surface area contributed by atoms with Gasteiger partial charge in [0.15, 0.2) is 5.17 Å². The van der Waals surface area contributed by atoms with Crippen LogP contribution in [0.4, 0.5) is 0 Å². The van der Waals surface area contributed by atoms with Crippen molar-refractivity contribution in [2.45, 2.75) is 32.9 Å². The zero-order chi connectivity index (χ0) is 20.0. The van der Waals surface area contributed by atoms with Crippen molar-refractivity contribution in [3.63, 3.8) is 0 Å². The molecule has 0 saturated heterocycles. The molecule has 2 rings (SSSR count). The van der Waals surface area contributed by atoms with Crippen LogP contribution >= 0.6 is 11.8 Å². The van der Waals surface area contributed by atoms with Crippen molar-refractivity contribution in [2.24, 2.45) is 9.98 Å². The van der Waals surface area contributed by atoms with Gasteiger partial charge in [-0.05, 0) is 33.3 Å². The lowest BCUT2D eigenvalue weighted by Crippen LogP contribution is -2.13. The number of hydrogen-bond donors (Lipinski definition) is 0. The van der Waals surface area contributed by atoms with Crippen molar-refractivity contribution >= 4 is 34.0 Å². The number of aryl methyl sites for hydroxylation is 2. The monoisotopic (exact) mass is 378 g/mol. The zero-order valence-electron chi connectivity index (χ0n) is 16.6. The smallest absolute Gasteiger partial charge is 0.183 e. The third kappa shape index (κ3) is 5.76. The number of benzene rings is 2. The van der Waals surface area contributed by atoms with Crippen LogP contribution in [-0.2, 0) is 4.79 Å². The van der Waals surface area contributed by atoms with Crippen LogP contribution < -0.4 is 0 Å². The Bertz CT molecular complexity index is 878. The molecule has 0 bridgehead atoms. The maximum atomic E-state index is 11.6. The summed E-state index contributed by atoms with van der Waals surface area (Å²) in [4.78, 5) is 20.7. The Morgan fingerprint density at radius 1 is 0.963 bits per heavy atom. The largest absolute Gasteiger partial charge is 0.299 e. The highest BCUT2D eigenvalue weighted by molar-refractivity contribution is 8.15. The first-order valence-electron chi connectivity index (χ1n) is 8.87. The Balaban J connectivity index is 2.48. The molecule has 27 heavy (non-hydrogen) atoms. The Hall–Kier alpha value is -2.46. The van der Waals surface area contributed by atoms with Gasteiger partial charge in [-0.15, -0.1) is 0 Å². The second-order valence-electron chi connectivity index (χ2n) is 6.55. The van der Waals surface area contributed by atoms with Crippen molar-refractivity contribution in [3.05, 3.63) is 77.4 Å². The fourth-order valence-electron chi connectivity index (χ4n) is 2.37. The number of nitrogens with zero attached hydrogens (tertiary/aromatic N) is 2. The summed E-state index contributed by atoms with van der Waals surface area (Å²) in [5.41, 5.74) is 5.97. The van der Waals surface area contributed by atoms with Gasteiger partial charge in [-0.3, -0.25) is 9.79 Å². The molecule has 0 N–H and O–H groups in total. The molecule has 0 spiro atoms. The van der Waals surface area contributed by atoms with E-state index >= 15 is 0 Å². The van der Waals surface area contributed by atoms with E-state index in [1.54, 1.807) is 14.0 Å². The van der Waals surface area contributed by atoms with Crippen LogP contribution in [-0.4, -0.2) is 29.0 Å². The Labute approximate surface area is 166 Å². The van der Waals surface area contributed by atoms with E-state index in [0.717, 1.165) is 22.4 Å². The van der Waals surface area contributed by atoms with E-state index in [2.05, 4.69) is 61.8 Å². The van der Waals surface area contributed by atoms with Gasteiger partial charge >= 0.3 is 0 Å². The number of thioether (sulfide) groups is 1. The van der Waals surface area contributed by atoms with E-state index in [0.29, 0.717) is 5.17 Å². The van der Waals surface area contributed by atoms with Gasteiger partial charge in [0.2, 0.25) is 0 Å². The van der Waals surface area contributed by atoms with Crippen LogP contribution in [0.2, 0.25) is 0 Å². The van der Waals surface area contributed by atoms with Crippen molar-refractivity contribution in [3.8, 4) is 0 Å². The molecular formula is C23H26N2OS. The summed E-state index contributed by atoms with van der Waals surface area (Å²) in [5.74, 6) is 0.102. The SMILES string of the molecule is C=C(/C(=N\C(=NC)SC(C)C(C)=O)c1ccc(C)cc1)c1ccc(C)cc1. The number of aliphatic imine (C=N–C) groups is 2. The first kappa shape index (κ1) is 20.8. The minimum Gasteiger partial charge on any atom is -0.299 e. The first-order valence-corrected chi connectivity index (χ1v) is 9.75. The number of rotatable bonds is 5. The van der Waals surface area contributed by atoms with Gasteiger partial charge in [0.05, 0.1) is 11.0 Å². The number of carbonyl (C=O) groups is 1. The molecule has 0 amide bonds. The van der Waals surface area contributed by atoms with Gasteiger partial charge < -0.3 is 0 Å². The topological polar surface area (TPSA) is 41.8 Å². The zero-order valence-corrected chi connectivity index (χ0v) is 17.4. The van der Waals surface area contributed by atoms with E-state index in [1.807, 2.05) is 19.1 Å². The molecule has 0 aliphatic rings. The second-order valence-corrected chi connectivity index (χ2v) is 7.86. The van der Waals surface area contributed by atoms with Gasteiger partial charge in [-0.1, -0.05) is 78.0 Å². The second kappa shape index (κ2) is 9.47. The molecule has 0 fully saturated rings. The van der Waals surface area contributed by atoms with Gasteiger partial charge in [0.1, 0.15) is 5.78 Å². The van der Waals surface area contributed by atoms with Crippen molar-refractivity contribution < 1.29 is 4.79 Å². The summed E-state index contributed by atoms with van der Waals surface area (Å²) < 4.78 is 0. The quantitative estimate of drug-likeness (QED) is 0.509. The minimum atomic E-state index is -0.195. The summed E-state index contributed by atoms with van der Waals surface area (Å²) in [6.07, 6.45) is 0. The van der Waals surface area contributed by atoms with Gasteiger partial charge in [0.25, 0.3) is 0 Å². The van der Waals surface area contributed by atoms with Gasteiger partial charge in [-0.2, -0.15) is 0 Å². The molecule has 1 atom stereocenters. The molecule has 4 heteroatoms. The Kier molecular flexibility index (Phi) is 7.31. The fraction of sp³-hybridized carbons (Fsp3) is 0.261. The molecule has 140 valence electrons. The summed E-state index contributed by atoms with van der Waals surface area (Å²) >= 11 is 1.37. The number of hydrogen-bond acceptors (Lipinski definition) is 3. The summed E-state index contributed by atoms with van der Waals surface area (Å²) in [6.45, 7) is 11.9. The molecule has 0 heterocycles.